The Morgan fingerprint density at radius 3 is 2.60 bits per heavy atom. The van der Waals surface area contributed by atoms with Crippen molar-refractivity contribution in [2.75, 3.05) is 13.1 Å². The number of halogens is 1. The molecule has 0 aromatic carbocycles. The van der Waals surface area contributed by atoms with Crippen LogP contribution < -0.4 is 0 Å². The Hall–Kier alpha value is -0.480. The molecule has 1 amide bonds. The lowest BCUT2D eigenvalue weighted by molar-refractivity contribution is 0.0110. The summed E-state index contributed by atoms with van der Waals surface area (Å²) < 4.78 is 5.21. The van der Waals surface area contributed by atoms with Crippen LogP contribution in [0.1, 0.15) is 27.2 Å². The lowest BCUT2D eigenvalue weighted by atomic mass is 10.1. The normalized spacial score (nSPS) is 27.7. The number of hydrogen-bond acceptors (Lipinski definition) is 3. The summed E-state index contributed by atoms with van der Waals surface area (Å²) in [6.07, 6.45) is -0.377. The van der Waals surface area contributed by atoms with Crippen molar-refractivity contribution < 1.29 is 14.6 Å². The zero-order valence-electron chi connectivity index (χ0n) is 9.36. The lowest BCUT2D eigenvalue weighted by Gasteiger charge is -2.34. The Kier molecular flexibility index (Phi) is 3.84. The summed E-state index contributed by atoms with van der Waals surface area (Å²) in [6, 6.07) is 0. The van der Waals surface area contributed by atoms with E-state index in [-0.39, 0.29) is 6.09 Å². The van der Waals surface area contributed by atoms with E-state index < -0.39 is 17.1 Å². The fraction of sp³-hybridized carbons (Fsp3) is 0.900. The Bertz CT molecular complexity index is 239. The average molecular weight is 236 g/mol. The molecule has 1 aliphatic rings. The van der Waals surface area contributed by atoms with Gasteiger partial charge in [0, 0.05) is 13.1 Å². The molecule has 88 valence electrons. The van der Waals surface area contributed by atoms with E-state index >= 15 is 0 Å². The standard InChI is InChI=1S/C10H18ClNO3/c1-10(2,3)15-9(14)12-5-4-8(13)7(11)6-12/h7-8,13H,4-6H2,1-3H3. The van der Waals surface area contributed by atoms with Crippen molar-refractivity contribution in [1.82, 2.24) is 4.90 Å². The first-order valence-corrected chi connectivity index (χ1v) is 5.53. The van der Waals surface area contributed by atoms with Gasteiger partial charge >= 0.3 is 6.09 Å². The van der Waals surface area contributed by atoms with Crippen LogP contribution in [0.25, 0.3) is 0 Å². The molecule has 0 aromatic heterocycles. The van der Waals surface area contributed by atoms with Gasteiger partial charge in [-0.1, -0.05) is 0 Å². The van der Waals surface area contributed by atoms with E-state index in [1.165, 1.54) is 4.90 Å². The van der Waals surface area contributed by atoms with Crippen molar-refractivity contribution in [2.24, 2.45) is 0 Å². The Morgan fingerprint density at radius 1 is 1.53 bits per heavy atom. The second-order valence-corrected chi connectivity index (χ2v) is 5.36. The molecular formula is C10H18ClNO3. The largest absolute Gasteiger partial charge is 0.444 e. The predicted molar refractivity (Wildman–Crippen MR) is 58.1 cm³/mol. The minimum atomic E-state index is -0.523. The van der Waals surface area contributed by atoms with Gasteiger partial charge < -0.3 is 14.7 Å². The third kappa shape index (κ3) is 3.87. The van der Waals surface area contributed by atoms with Crippen LogP contribution in [0.3, 0.4) is 0 Å². The third-order valence-electron chi connectivity index (χ3n) is 2.16. The number of rotatable bonds is 0. The lowest BCUT2D eigenvalue weighted by Crippen LogP contribution is -2.48. The molecule has 0 radical (unpaired) electrons. The van der Waals surface area contributed by atoms with Gasteiger partial charge in [0.25, 0.3) is 0 Å². The molecule has 1 fully saturated rings. The number of likely N-dealkylation sites (tertiary alicyclic amines) is 1. The molecular weight excluding hydrogens is 218 g/mol. The van der Waals surface area contributed by atoms with E-state index in [0.717, 1.165) is 0 Å². The molecule has 4 nitrogen and oxygen atoms in total. The van der Waals surface area contributed by atoms with Crippen LogP contribution in [0, 0.1) is 0 Å². The number of amides is 1. The van der Waals surface area contributed by atoms with Crippen LogP contribution in [0.4, 0.5) is 4.79 Å². The van der Waals surface area contributed by atoms with Gasteiger partial charge in [-0.15, -0.1) is 11.6 Å². The molecule has 15 heavy (non-hydrogen) atoms. The maximum Gasteiger partial charge on any atom is 0.410 e. The van der Waals surface area contributed by atoms with Crippen molar-refractivity contribution in [2.45, 2.75) is 44.3 Å². The molecule has 0 aromatic rings. The maximum absolute atomic E-state index is 11.6. The first kappa shape index (κ1) is 12.6. The molecule has 0 bridgehead atoms. The average Bonchev–Trinajstić information content (AvgIpc) is 2.06. The summed E-state index contributed by atoms with van der Waals surface area (Å²) in [5.41, 5.74) is -0.491. The number of alkyl halides is 1. The summed E-state index contributed by atoms with van der Waals surface area (Å²) in [5, 5.41) is 9.00. The van der Waals surface area contributed by atoms with E-state index in [4.69, 9.17) is 16.3 Å². The van der Waals surface area contributed by atoms with E-state index in [1.807, 2.05) is 20.8 Å². The molecule has 5 heteroatoms. The quantitative estimate of drug-likeness (QED) is 0.649. The van der Waals surface area contributed by atoms with Gasteiger partial charge in [0.15, 0.2) is 0 Å². The SMILES string of the molecule is CC(C)(C)OC(=O)N1CCC(O)C(Cl)C1. The summed E-state index contributed by atoms with van der Waals surface area (Å²) in [5.74, 6) is 0. The van der Waals surface area contributed by atoms with Gasteiger partial charge in [-0.25, -0.2) is 4.79 Å². The van der Waals surface area contributed by atoms with E-state index in [1.54, 1.807) is 0 Å². The van der Waals surface area contributed by atoms with Crippen molar-refractivity contribution in [1.29, 1.82) is 0 Å². The van der Waals surface area contributed by atoms with Crippen molar-refractivity contribution in [3.63, 3.8) is 0 Å². The molecule has 0 aliphatic carbocycles. The number of hydrogen-bond donors (Lipinski definition) is 1. The van der Waals surface area contributed by atoms with Crippen LogP contribution in [0.2, 0.25) is 0 Å². The van der Waals surface area contributed by atoms with Crippen LogP contribution in [0.5, 0.6) is 0 Å². The predicted octanol–water partition coefficient (Wildman–Crippen LogP) is 1.60. The highest BCUT2D eigenvalue weighted by atomic mass is 35.5. The molecule has 2 atom stereocenters. The highest BCUT2D eigenvalue weighted by Gasteiger charge is 2.31. The van der Waals surface area contributed by atoms with E-state index in [0.29, 0.717) is 19.5 Å². The second-order valence-electron chi connectivity index (χ2n) is 4.80. The minimum absolute atomic E-state index is 0.345. The van der Waals surface area contributed by atoms with Crippen molar-refractivity contribution in [3.8, 4) is 0 Å². The first-order valence-electron chi connectivity index (χ1n) is 5.09. The Morgan fingerprint density at radius 2 is 2.13 bits per heavy atom. The number of ether oxygens (including phenoxy) is 1. The van der Waals surface area contributed by atoms with Crippen LogP contribution in [-0.2, 0) is 4.74 Å². The molecule has 1 saturated heterocycles. The third-order valence-corrected chi connectivity index (χ3v) is 2.59. The summed E-state index contributed by atoms with van der Waals surface area (Å²) in [6.45, 7) is 6.31. The maximum atomic E-state index is 11.6. The summed E-state index contributed by atoms with van der Waals surface area (Å²) in [4.78, 5) is 13.2. The number of aliphatic hydroxyl groups is 1. The van der Waals surface area contributed by atoms with Crippen molar-refractivity contribution in [3.05, 3.63) is 0 Å². The molecule has 1 N–H and O–H groups in total. The number of aliphatic hydroxyl groups excluding tert-OH is 1. The van der Waals surface area contributed by atoms with Gasteiger partial charge in [-0.05, 0) is 27.2 Å². The Balaban J connectivity index is 2.48. The molecule has 1 rings (SSSR count). The minimum Gasteiger partial charge on any atom is -0.444 e. The fourth-order valence-corrected chi connectivity index (χ4v) is 1.68. The number of nitrogens with zero attached hydrogens (tertiary/aromatic N) is 1. The first-order chi connectivity index (χ1) is 6.79. The van der Waals surface area contributed by atoms with Gasteiger partial charge in [-0.3, -0.25) is 0 Å². The Labute approximate surface area is 95.2 Å². The fourth-order valence-electron chi connectivity index (χ4n) is 1.38. The van der Waals surface area contributed by atoms with E-state index in [2.05, 4.69) is 0 Å². The molecule has 0 spiro atoms. The molecule has 1 aliphatic heterocycles. The van der Waals surface area contributed by atoms with Crippen LogP contribution >= 0.6 is 11.6 Å². The monoisotopic (exact) mass is 235 g/mol. The zero-order chi connectivity index (χ0) is 11.6. The summed E-state index contributed by atoms with van der Waals surface area (Å²) >= 11 is 5.88. The van der Waals surface area contributed by atoms with Gasteiger partial charge in [0.05, 0.1) is 11.5 Å². The smallest absolute Gasteiger partial charge is 0.410 e. The van der Waals surface area contributed by atoms with Gasteiger partial charge in [-0.2, -0.15) is 0 Å². The van der Waals surface area contributed by atoms with Crippen molar-refractivity contribution >= 4 is 17.7 Å². The number of carbonyl (C=O) groups excluding carboxylic acids is 1. The molecule has 2 unspecified atom stereocenters. The highest BCUT2D eigenvalue weighted by Crippen LogP contribution is 2.18. The highest BCUT2D eigenvalue weighted by molar-refractivity contribution is 6.21. The summed E-state index contributed by atoms with van der Waals surface area (Å²) in [7, 11) is 0. The number of carbonyl (C=O) groups is 1. The van der Waals surface area contributed by atoms with Gasteiger partial charge in [0.1, 0.15) is 5.60 Å². The second kappa shape index (κ2) is 4.58. The van der Waals surface area contributed by atoms with Gasteiger partial charge in [0.2, 0.25) is 0 Å². The molecule has 0 saturated carbocycles. The topological polar surface area (TPSA) is 49.8 Å². The zero-order valence-corrected chi connectivity index (χ0v) is 10.1. The molecule has 1 heterocycles. The van der Waals surface area contributed by atoms with Crippen LogP contribution in [0.15, 0.2) is 0 Å². The van der Waals surface area contributed by atoms with Crippen LogP contribution in [-0.4, -0.2) is 46.3 Å². The van der Waals surface area contributed by atoms with E-state index in [9.17, 15) is 9.90 Å². The number of piperidine rings is 1.